The third kappa shape index (κ3) is 32.9. The van der Waals surface area contributed by atoms with Crippen molar-refractivity contribution in [1.82, 2.24) is 0 Å². The van der Waals surface area contributed by atoms with Crippen LogP contribution in [0.5, 0.6) is 0 Å². The van der Waals surface area contributed by atoms with Gasteiger partial charge in [-0.2, -0.15) is 0 Å². The van der Waals surface area contributed by atoms with E-state index in [-0.39, 0.29) is 18.5 Å². The van der Waals surface area contributed by atoms with Gasteiger partial charge < -0.3 is 9.84 Å². The Morgan fingerprint density at radius 1 is 0.524 bits per heavy atom. The highest BCUT2D eigenvalue weighted by atomic mass is 16.5. The van der Waals surface area contributed by atoms with E-state index < -0.39 is 5.97 Å². The maximum absolute atomic E-state index is 12.5. The zero-order valence-corrected chi connectivity index (χ0v) is 28.1. The molecule has 0 bridgehead atoms. The number of aliphatic carboxylic acids is 1. The van der Waals surface area contributed by atoms with Gasteiger partial charge in [-0.05, 0) is 70.6 Å². The first-order chi connectivity index (χ1) is 20.6. The van der Waals surface area contributed by atoms with Crippen LogP contribution in [0.2, 0.25) is 0 Å². The number of ether oxygens (including phenoxy) is 1. The number of esters is 1. The zero-order valence-electron chi connectivity index (χ0n) is 28.1. The van der Waals surface area contributed by atoms with Crippen molar-refractivity contribution in [1.29, 1.82) is 0 Å². The number of carboxylic acid groups (broad SMARTS) is 1. The van der Waals surface area contributed by atoms with Crippen LogP contribution < -0.4 is 0 Å². The smallest absolute Gasteiger partial charge is 0.306 e. The van der Waals surface area contributed by atoms with Crippen molar-refractivity contribution in [3.8, 4) is 0 Å². The molecule has 4 heteroatoms. The minimum Gasteiger partial charge on any atom is -0.481 e. The topological polar surface area (TPSA) is 63.6 Å². The van der Waals surface area contributed by atoms with Crippen molar-refractivity contribution in [2.24, 2.45) is 0 Å². The van der Waals surface area contributed by atoms with Crippen LogP contribution in [0.15, 0.2) is 24.3 Å². The lowest BCUT2D eigenvalue weighted by molar-refractivity contribution is -0.150. The Hall–Kier alpha value is -1.58. The van der Waals surface area contributed by atoms with Crippen molar-refractivity contribution in [2.75, 3.05) is 0 Å². The molecule has 1 N–H and O–H groups in total. The van der Waals surface area contributed by atoms with Gasteiger partial charge in [0.05, 0.1) is 0 Å². The second-order valence-corrected chi connectivity index (χ2v) is 12.4. The summed E-state index contributed by atoms with van der Waals surface area (Å²) in [5, 5.41) is 8.92. The molecule has 0 saturated heterocycles. The SMILES string of the molecule is CCCCC/C=C\C/C=C\CCCCCCCC(=O)OC(CCCCCCCCCCCCCC)CCCCC(=O)O. The maximum atomic E-state index is 12.5. The Morgan fingerprint density at radius 2 is 0.929 bits per heavy atom. The average Bonchev–Trinajstić information content (AvgIpc) is 2.97. The molecule has 0 radical (unpaired) electrons. The normalized spacial score (nSPS) is 12.4. The first-order valence-corrected chi connectivity index (χ1v) is 18.3. The van der Waals surface area contributed by atoms with Gasteiger partial charge >= 0.3 is 11.9 Å². The van der Waals surface area contributed by atoms with Crippen molar-refractivity contribution in [2.45, 2.75) is 206 Å². The highest BCUT2D eigenvalue weighted by molar-refractivity contribution is 5.69. The van der Waals surface area contributed by atoms with Crippen LogP contribution in [-0.4, -0.2) is 23.1 Å². The van der Waals surface area contributed by atoms with Gasteiger partial charge in [-0.15, -0.1) is 0 Å². The van der Waals surface area contributed by atoms with Crippen LogP contribution in [-0.2, 0) is 14.3 Å². The number of unbranched alkanes of at least 4 members (excludes halogenated alkanes) is 20. The second kappa shape index (κ2) is 33.9. The van der Waals surface area contributed by atoms with Gasteiger partial charge in [0.2, 0.25) is 0 Å². The largest absolute Gasteiger partial charge is 0.481 e. The minimum absolute atomic E-state index is 0.0487. The van der Waals surface area contributed by atoms with Crippen LogP contribution in [0.3, 0.4) is 0 Å². The van der Waals surface area contributed by atoms with Crippen LogP contribution in [0.1, 0.15) is 200 Å². The fourth-order valence-corrected chi connectivity index (χ4v) is 5.45. The molecule has 4 nitrogen and oxygen atoms in total. The molecule has 0 aromatic rings. The summed E-state index contributed by atoms with van der Waals surface area (Å²) in [4.78, 5) is 23.4. The number of rotatable bonds is 33. The monoisotopic (exact) mass is 591 g/mol. The van der Waals surface area contributed by atoms with Crippen LogP contribution in [0, 0.1) is 0 Å². The van der Waals surface area contributed by atoms with Crippen LogP contribution >= 0.6 is 0 Å². The van der Waals surface area contributed by atoms with E-state index in [1.165, 1.54) is 116 Å². The van der Waals surface area contributed by atoms with Gasteiger partial charge in [0.1, 0.15) is 6.10 Å². The van der Waals surface area contributed by atoms with Gasteiger partial charge in [0.15, 0.2) is 0 Å². The summed E-state index contributed by atoms with van der Waals surface area (Å²) in [7, 11) is 0. The van der Waals surface area contributed by atoms with E-state index in [2.05, 4.69) is 38.2 Å². The Balaban J connectivity index is 3.93. The molecule has 0 heterocycles. The van der Waals surface area contributed by atoms with E-state index in [0.717, 1.165) is 51.4 Å². The molecule has 0 aromatic heterocycles. The summed E-state index contributed by atoms with van der Waals surface area (Å²) in [6, 6.07) is 0. The lowest BCUT2D eigenvalue weighted by atomic mass is 10.0. The number of carboxylic acids is 1. The fourth-order valence-electron chi connectivity index (χ4n) is 5.45. The van der Waals surface area contributed by atoms with Crippen LogP contribution in [0.4, 0.5) is 0 Å². The molecule has 0 spiro atoms. The molecule has 246 valence electrons. The Morgan fingerprint density at radius 3 is 1.48 bits per heavy atom. The molecule has 0 aliphatic rings. The van der Waals surface area contributed by atoms with Crippen molar-refractivity contribution >= 4 is 11.9 Å². The summed E-state index contributed by atoms with van der Waals surface area (Å²) in [6.45, 7) is 4.51. The van der Waals surface area contributed by atoms with Gasteiger partial charge in [-0.1, -0.05) is 141 Å². The third-order valence-electron chi connectivity index (χ3n) is 8.18. The number of allylic oxidation sites excluding steroid dienone is 4. The molecule has 0 aliphatic carbocycles. The summed E-state index contributed by atoms with van der Waals surface area (Å²) >= 11 is 0. The number of hydrogen-bond donors (Lipinski definition) is 1. The zero-order chi connectivity index (χ0) is 30.8. The minimum atomic E-state index is -0.745. The van der Waals surface area contributed by atoms with E-state index in [1.54, 1.807) is 0 Å². The fraction of sp³-hybridized carbons (Fsp3) is 0.842. The molecule has 0 aliphatic heterocycles. The van der Waals surface area contributed by atoms with Gasteiger partial charge in [-0.3, -0.25) is 9.59 Å². The quantitative estimate of drug-likeness (QED) is 0.0469. The third-order valence-corrected chi connectivity index (χ3v) is 8.18. The maximum Gasteiger partial charge on any atom is 0.306 e. The van der Waals surface area contributed by atoms with Crippen molar-refractivity contribution in [3.05, 3.63) is 24.3 Å². The van der Waals surface area contributed by atoms with Crippen molar-refractivity contribution in [3.63, 3.8) is 0 Å². The van der Waals surface area contributed by atoms with Gasteiger partial charge in [-0.25, -0.2) is 0 Å². The molecule has 42 heavy (non-hydrogen) atoms. The van der Waals surface area contributed by atoms with Gasteiger partial charge in [0, 0.05) is 12.8 Å². The first-order valence-electron chi connectivity index (χ1n) is 18.3. The Kier molecular flexibility index (Phi) is 32.6. The molecular weight excluding hydrogens is 520 g/mol. The lowest BCUT2D eigenvalue weighted by Gasteiger charge is -2.18. The van der Waals surface area contributed by atoms with Crippen LogP contribution in [0.25, 0.3) is 0 Å². The summed E-state index contributed by atoms with van der Waals surface area (Å²) in [6.07, 6.45) is 41.8. The summed E-state index contributed by atoms with van der Waals surface area (Å²) < 4.78 is 5.88. The second-order valence-electron chi connectivity index (χ2n) is 12.4. The van der Waals surface area contributed by atoms with E-state index in [4.69, 9.17) is 9.84 Å². The molecule has 0 amide bonds. The number of hydrogen-bond acceptors (Lipinski definition) is 3. The van der Waals surface area contributed by atoms with E-state index in [0.29, 0.717) is 12.8 Å². The standard InChI is InChI=1S/C38H70O4/c1-3-5-7-9-11-13-15-17-18-19-21-23-25-27-29-35-38(41)42-36(33-30-31-34-37(39)40)32-28-26-24-22-20-16-14-12-10-8-6-4-2/h11,13,17-18,36H,3-10,12,14-16,19-35H2,1-2H3,(H,39,40)/b13-11-,18-17-. The highest BCUT2D eigenvalue weighted by Gasteiger charge is 2.14. The van der Waals surface area contributed by atoms with Gasteiger partial charge in [0.25, 0.3) is 0 Å². The molecule has 0 saturated carbocycles. The summed E-state index contributed by atoms with van der Waals surface area (Å²) in [5.41, 5.74) is 0. The Labute approximate surface area is 261 Å². The van der Waals surface area contributed by atoms with Crippen molar-refractivity contribution < 1.29 is 19.4 Å². The predicted molar refractivity (Wildman–Crippen MR) is 181 cm³/mol. The molecule has 0 aromatic carbocycles. The first kappa shape index (κ1) is 40.4. The van der Waals surface area contributed by atoms with E-state index in [1.807, 2.05) is 0 Å². The predicted octanol–water partition coefficient (Wildman–Crippen LogP) is 12.4. The molecular formula is C38H70O4. The Bertz CT molecular complexity index is 639. The average molecular weight is 591 g/mol. The lowest BCUT2D eigenvalue weighted by Crippen LogP contribution is -2.18. The number of carbonyl (C=O) groups is 2. The highest BCUT2D eigenvalue weighted by Crippen LogP contribution is 2.18. The molecule has 0 fully saturated rings. The molecule has 1 atom stereocenters. The molecule has 0 rings (SSSR count). The van der Waals surface area contributed by atoms with E-state index in [9.17, 15) is 9.59 Å². The summed E-state index contributed by atoms with van der Waals surface area (Å²) in [5.74, 6) is -0.811. The molecule has 1 unspecified atom stereocenters. The number of carbonyl (C=O) groups excluding carboxylic acids is 1. The van der Waals surface area contributed by atoms with E-state index >= 15 is 0 Å².